The smallest absolute Gasteiger partial charge is 0.265 e. The van der Waals surface area contributed by atoms with E-state index in [0.29, 0.717) is 29.1 Å². The molecule has 8 nitrogen and oxygen atoms in total. The Balaban J connectivity index is 1.72. The van der Waals surface area contributed by atoms with Crippen LogP contribution in [-0.2, 0) is 14.8 Å². The van der Waals surface area contributed by atoms with Crippen LogP contribution >= 0.6 is 0 Å². The first-order valence-corrected chi connectivity index (χ1v) is 10.7. The zero-order valence-corrected chi connectivity index (χ0v) is 17.2. The molecule has 0 aromatic heterocycles. The van der Waals surface area contributed by atoms with E-state index in [2.05, 4.69) is 15.4 Å². The van der Waals surface area contributed by atoms with Crippen molar-refractivity contribution in [2.24, 2.45) is 0 Å². The van der Waals surface area contributed by atoms with Crippen molar-refractivity contribution in [2.45, 2.75) is 44.2 Å². The third-order valence-corrected chi connectivity index (χ3v) is 6.17. The predicted molar refractivity (Wildman–Crippen MR) is 110 cm³/mol. The van der Waals surface area contributed by atoms with Crippen LogP contribution in [0.25, 0.3) is 0 Å². The molecule has 2 aromatic rings. The SMILES string of the molecule is CC[C@H](C)NS(=O)(=O)c1ccc(C(=O)Nc2ccc3c(c2)NC(=O)[C@H](C)O3)cc1. The molecule has 3 N–H and O–H groups in total. The first kappa shape index (κ1) is 20.8. The maximum absolute atomic E-state index is 12.5. The zero-order chi connectivity index (χ0) is 21.2. The second-order valence-corrected chi connectivity index (χ2v) is 8.58. The minimum atomic E-state index is -3.63. The van der Waals surface area contributed by atoms with Gasteiger partial charge in [-0.1, -0.05) is 6.92 Å². The Kier molecular flexibility index (Phi) is 5.90. The lowest BCUT2D eigenvalue weighted by molar-refractivity contribution is -0.122. The highest BCUT2D eigenvalue weighted by Crippen LogP contribution is 2.32. The van der Waals surface area contributed by atoms with Crippen molar-refractivity contribution in [3.05, 3.63) is 48.0 Å². The van der Waals surface area contributed by atoms with Crippen LogP contribution in [0.3, 0.4) is 0 Å². The Bertz CT molecular complexity index is 1030. The Hall–Kier alpha value is -2.91. The molecule has 154 valence electrons. The molecule has 0 spiro atoms. The second-order valence-electron chi connectivity index (χ2n) is 6.87. The second kappa shape index (κ2) is 8.22. The number of anilines is 2. The molecule has 1 heterocycles. The fraction of sp³-hybridized carbons (Fsp3) is 0.300. The van der Waals surface area contributed by atoms with Crippen LogP contribution < -0.4 is 20.1 Å². The van der Waals surface area contributed by atoms with Gasteiger partial charge in [-0.15, -0.1) is 0 Å². The number of hydrogen-bond acceptors (Lipinski definition) is 5. The third kappa shape index (κ3) is 4.75. The van der Waals surface area contributed by atoms with Gasteiger partial charge in [-0.25, -0.2) is 13.1 Å². The topological polar surface area (TPSA) is 114 Å². The fourth-order valence-electron chi connectivity index (χ4n) is 2.69. The van der Waals surface area contributed by atoms with E-state index in [1.807, 2.05) is 6.92 Å². The molecule has 2 atom stereocenters. The molecule has 2 aromatic carbocycles. The summed E-state index contributed by atoms with van der Waals surface area (Å²) in [7, 11) is -3.63. The van der Waals surface area contributed by atoms with Crippen molar-refractivity contribution in [1.82, 2.24) is 4.72 Å². The lowest BCUT2D eigenvalue weighted by atomic mass is 10.2. The summed E-state index contributed by atoms with van der Waals surface area (Å²) < 4.78 is 32.7. The molecule has 1 aliphatic rings. The zero-order valence-electron chi connectivity index (χ0n) is 16.4. The predicted octanol–water partition coefficient (Wildman–Crippen LogP) is 2.74. The number of benzene rings is 2. The lowest BCUT2D eigenvalue weighted by Crippen LogP contribution is -2.34. The van der Waals surface area contributed by atoms with E-state index >= 15 is 0 Å². The maximum atomic E-state index is 12.5. The minimum Gasteiger partial charge on any atom is -0.479 e. The Morgan fingerprint density at radius 1 is 1.21 bits per heavy atom. The van der Waals surface area contributed by atoms with Crippen LogP contribution in [-0.4, -0.2) is 32.4 Å². The van der Waals surface area contributed by atoms with Gasteiger partial charge in [0.1, 0.15) is 5.75 Å². The number of rotatable bonds is 6. The van der Waals surface area contributed by atoms with Crippen molar-refractivity contribution in [1.29, 1.82) is 0 Å². The van der Waals surface area contributed by atoms with Crippen LogP contribution in [0.1, 0.15) is 37.6 Å². The molecule has 0 unspecified atom stereocenters. The van der Waals surface area contributed by atoms with Crippen LogP contribution in [0.2, 0.25) is 0 Å². The first-order chi connectivity index (χ1) is 13.7. The average Bonchev–Trinajstić information content (AvgIpc) is 2.68. The largest absolute Gasteiger partial charge is 0.479 e. The van der Waals surface area contributed by atoms with E-state index in [4.69, 9.17) is 4.74 Å². The van der Waals surface area contributed by atoms with Gasteiger partial charge in [0.25, 0.3) is 11.8 Å². The molecule has 0 bridgehead atoms. The van der Waals surface area contributed by atoms with Gasteiger partial charge in [0.15, 0.2) is 6.10 Å². The van der Waals surface area contributed by atoms with Crippen molar-refractivity contribution in [2.75, 3.05) is 10.6 Å². The van der Waals surface area contributed by atoms with Crippen LogP contribution in [0.4, 0.5) is 11.4 Å². The van der Waals surface area contributed by atoms with Gasteiger partial charge in [0.2, 0.25) is 10.0 Å². The number of nitrogens with one attached hydrogen (secondary N) is 3. The minimum absolute atomic E-state index is 0.0945. The number of carbonyl (C=O) groups excluding carboxylic acids is 2. The third-order valence-electron chi connectivity index (χ3n) is 4.56. The summed E-state index contributed by atoms with van der Waals surface area (Å²) in [6.07, 6.45) is 0.0952. The van der Waals surface area contributed by atoms with Crippen LogP contribution in [0, 0.1) is 0 Å². The van der Waals surface area contributed by atoms with E-state index in [0.717, 1.165) is 0 Å². The molecular formula is C20H23N3O5S. The van der Waals surface area contributed by atoms with Crippen molar-refractivity contribution in [3.8, 4) is 5.75 Å². The van der Waals surface area contributed by atoms with Gasteiger partial charge in [0, 0.05) is 17.3 Å². The quantitative estimate of drug-likeness (QED) is 0.669. The van der Waals surface area contributed by atoms with Gasteiger partial charge < -0.3 is 15.4 Å². The van der Waals surface area contributed by atoms with Gasteiger partial charge in [-0.2, -0.15) is 0 Å². The molecule has 9 heteroatoms. The molecule has 29 heavy (non-hydrogen) atoms. The van der Waals surface area contributed by atoms with Crippen LogP contribution in [0.5, 0.6) is 5.75 Å². The number of amides is 2. The monoisotopic (exact) mass is 417 g/mol. The number of fused-ring (bicyclic) bond motifs is 1. The maximum Gasteiger partial charge on any atom is 0.265 e. The molecule has 3 rings (SSSR count). The highest BCUT2D eigenvalue weighted by molar-refractivity contribution is 7.89. The molecule has 1 aliphatic heterocycles. The van der Waals surface area contributed by atoms with E-state index in [-0.39, 0.29) is 16.8 Å². The summed E-state index contributed by atoms with van der Waals surface area (Å²) in [6, 6.07) is 10.4. The van der Waals surface area contributed by atoms with Crippen LogP contribution in [0.15, 0.2) is 47.4 Å². The summed E-state index contributed by atoms with van der Waals surface area (Å²) >= 11 is 0. The van der Waals surface area contributed by atoms with Gasteiger partial charge >= 0.3 is 0 Å². The lowest BCUT2D eigenvalue weighted by Gasteiger charge is -2.23. The number of ether oxygens (including phenoxy) is 1. The van der Waals surface area contributed by atoms with E-state index < -0.39 is 22.0 Å². The summed E-state index contributed by atoms with van der Waals surface area (Å²) in [6.45, 7) is 5.32. The number of sulfonamides is 1. The van der Waals surface area contributed by atoms with Crippen molar-refractivity contribution < 1.29 is 22.7 Å². The highest BCUT2D eigenvalue weighted by atomic mass is 32.2. The van der Waals surface area contributed by atoms with E-state index in [9.17, 15) is 18.0 Å². The van der Waals surface area contributed by atoms with Gasteiger partial charge in [-0.3, -0.25) is 9.59 Å². The van der Waals surface area contributed by atoms with Gasteiger partial charge in [-0.05, 0) is 62.7 Å². The molecule has 0 saturated heterocycles. The molecule has 0 radical (unpaired) electrons. The Labute approximate surface area is 169 Å². The fourth-order valence-corrected chi connectivity index (χ4v) is 4.02. The van der Waals surface area contributed by atoms with E-state index in [1.54, 1.807) is 32.0 Å². The molecular weight excluding hydrogens is 394 g/mol. The Morgan fingerprint density at radius 2 is 1.90 bits per heavy atom. The Morgan fingerprint density at radius 3 is 2.55 bits per heavy atom. The molecule has 2 amide bonds. The average molecular weight is 417 g/mol. The van der Waals surface area contributed by atoms with Crippen molar-refractivity contribution in [3.63, 3.8) is 0 Å². The summed E-state index contributed by atoms with van der Waals surface area (Å²) in [5.41, 5.74) is 1.25. The molecule has 0 saturated carbocycles. The summed E-state index contributed by atoms with van der Waals surface area (Å²) in [5, 5.41) is 5.44. The number of carbonyl (C=O) groups is 2. The van der Waals surface area contributed by atoms with Crippen molar-refractivity contribution >= 4 is 33.2 Å². The molecule has 0 fully saturated rings. The molecule has 0 aliphatic carbocycles. The highest BCUT2D eigenvalue weighted by Gasteiger charge is 2.24. The van der Waals surface area contributed by atoms with Gasteiger partial charge in [0.05, 0.1) is 10.6 Å². The summed E-state index contributed by atoms with van der Waals surface area (Å²) in [4.78, 5) is 24.3. The normalized spacial score (nSPS) is 16.9. The van der Waals surface area contributed by atoms with E-state index in [1.165, 1.54) is 24.3 Å². The standard InChI is InChI=1S/C20H23N3O5S/c1-4-12(2)23-29(26,27)16-8-5-14(6-9-16)20(25)21-15-7-10-18-17(11-15)22-19(24)13(3)28-18/h5-13,23H,4H2,1-3H3,(H,21,25)(H,22,24)/t12-,13-/m0/s1. The number of hydrogen-bond donors (Lipinski definition) is 3. The summed E-state index contributed by atoms with van der Waals surface area (Å²) in [5.74, 6) is -0.137. The first-order valence-electron chi connectivity index (χ1n) is 9.25.